The van der Waals surface area contributed by atoms with E-state index in [9.17, 15) is 8.42 Å². The SMILES string of the molecule is CC(C)CCS(=O)(=O)C(CC#N)c1ccccc1. The average molecular weight is 265 g/mol. The number of sulfone groups is 1. The molecular weight excluding hydrogens is 246 g/mol. The molecule has 0 aromatic heterocycles. The van der Waals surface area contributed by atoms with Gasteiger partial charge in [0.25, 0.3) is 0 Å². The van der Waals surface area contributed by atoms with E-state index in [1.54, 1.807) is 24.3 Å². The third-order valence-corrected chi connectivity index (χ3v) is 4.97. The van der Waals surface area contributed by atoms with Crippen LogP contribution < -0.4 is 0 Å². The first-order valence-electron chi connectivity index (χ1n) is 6.11. The van der Waals surface area contributed by atoms with Crippen LogP contribution in [-0.4, -0.2) is 14.2 Å². The third kappa shape index (κ3) is 4.15. The Morgan fingerprint density at radius 2 is 1.83 bits per heavy atom. The van der Waals surface area contributed by atoms with Gasteiger partial charge in [0.2, 0.25) is 0 Å². The van der Waals surface area contributed by atoms with Crippen molar-refractivity contribution in [2.24, 2.45) is 5.92 Å². The van der Waals surface area contributed by atoms with Crippen LogP contribution in [0.25, 0.3) is 0 Å². The van der Waals surface area contributed by atoms with Crippen LogP contribution in [0.2, 0.25) is 0 Å². The smallest absolute Gasteiger partial charge is 0.158 e. The molecule has 0 amide bonds. The summed E-state index contributed by atoms with van der Waals surface area (Å²) in [5.41, 5.74) is 0.711. The number of nitrogens with zero attached hydrogens (tertiary/aromatic N) is 1. The summed E-state index contributed by atoms with van der Waals surface area (Å²) >= 11 is 0. The number of hydrogen-bond donors (Lipinski definition) is 0. The summed E-state index contributed by atoms with van der Waals surface area (Å²) < 4.78 is 24.5. The van der Waals surface area contributed by atoms with Crippen LogP contribution in [0.15, 0.2) is 30.3 Å². The van der Waals surface area contributed by atoms with E-state index in [-0.39, 0.29) is 12.2 Å². The molecule has 98 valence electrons. The van der Waals surface area contributed by atoms with E-state index in [4.69, 9.17) is 5.26 Å². The van der Waals surface area contributed by atoms with Crippen molar-refractivity contribution in [1.29, 1.82) is 5.26 Å². The second-order valence-electron chi connectivity index (χ2n) is 4.81. The molecule has 1 rings (SSSR count). The minimum absolute atomic E-state index is 0.0183. The third-order valence-electron chi connectivity index (χ3n) is 2.86. The van der Waals surface area contributed by atoms with Crippen LogP contribution in [-0.2, 0) is 9.84 Å². The largest absolute Gasteiger partial charge is 0.228 e. The van der Waals surface area contributed by atoms with Gasteiger partial charge >= 0.3 is 0 Å². The van der Waals surface area contributed by atoms with Gasteiger partial charge in [-0.05, 0) is 17.9 Å². The zero-order chi connectivity index (χ0) is 13.6. The number of hydrogen-bond acceptors (Lipinski definition) is 3. The van der Waals surface area contributed by atoms with E-state index >= 15 is 0 Å². The van der Waals surface area contributed by atoms with E-state index in [0.29, 0.717) is 17.9 Å². The molecule has 0 saturated carbocycles. The van der Waals surface area contributed by atoms with Crippen molar-refractivity contribution in [3.8, 4) is 6.07 Å². The molecule has 0 aliphatic rings. The predicted molar refractivity (Wildman–Crippen MR) is 72.7 cm³/mol. The van der Waals surface area contributed by atoms with Crippen LogP contribution in [0, 0.1) is 17.2 Å². The topological polar surface area (TPSA) is 57.9 Å². The minimum atomic E-state index is -3.26. The number of rotatable bonds is 6. The monoisotopic (exact) mass is 265 g/mol. The van der Waals surface area contributed by atoms with Gasteiger partial charge in [-0.2, -0.15) is 5.26 Å². The lowest BCUT2D eigenvalue weighted by molar-refractivity contribution is 0.562. The Hall–Kier alpha value is -1.34. The van der Waals surface area contributed by atoms with E-state index < -0.39 is 15.1 Å². The fourth-order valence-corrected chi connectivity index (χ4v) is 3.73. The summed E-state index contributed by atoms with van der Waals surface area (Å²) in [6, 6.07) is 11.0. The van der Waals surface area contributed by atoms with E-state index in [2.05, 4.69) is 0 Å². The first-order chi connectivity index (χ1) is 8.47. The summed E-state index contributed by atoms with van der Waals surface area (Å²) in [5, 5.41) is 8.13. The molecule has 0 spiro atoms. The van der Waals surface area contributed by atoms with Gasteiger partial charge in [-0.1, -0.05) is 44.2 Å². The Morgan fingerprint density at radius 3 is 2.33 bits per heavy atom. The normalized spacial score (nSPS) is 13.2. The highest BCUT2D eigenvalue weighted by molar-refractivity contribution is 7.91. The molecule has 4 heteroatoms. The Kier molecular flexibility index (Phi) is 5.36. The van der Waals surface area contributed by atoms with Crippen molar-refractivity contribution < 1.29 is 8.42 Å². The highest BCUT2D eigenvalue weighted by Gasteiger charge is 2.26. The molecule has 1 unspecified atom stereocenters. The van der Waals surface area contributed by atoms with Crippen LogP contribution in [0.3, 0.4) is 0 Å². The molecule has 0 fully saturated rings. The Balaban J connectivity index is 2.95. The molecule has 0 saturated heterocycles. The lowest BCUT2D eigenvalue weighted by atomic mass is 10.1. The number of nitriles is 1. The maximum atomic E-state index is 12.3. The van der Waals surface area contributed by atoms with Crippen LogP contribution in [0.4, 0.5) is 0 Å². The standard InChI is InChI=1S/C14H19NO2S/c1-12(2)9-11-18(16,17)14(8-10-15)13-6-4-3-5-7-13/h3-7,12,14H,8-9,11H2,1-2H3. The summed E-state index contributed by atoms with van der Waals surface area (Å²) in [4.78, 5) is 0. The fraction of sp³-hybridized carbons (Fsp3) is 0.500. The lowest BCUT2D eigenvalue weighted by Crippen LogP contribution is -2.18. The van der Waals surface area contributed by atoms with E-state index in [1.807, 2.05) is 26.0 Å². The van der Waals surface area contributed by atoms with Crippen molar-refractivity contribution >= 4 is 9.84 Å². The molecule has 0 radical (unpaired) electrons. The summed E-state index contributed by atoms with van der Waals surface area (Å²) in [7, 11) is -3.26. The first-order valence-corrected chi connectivity index (χ1v) is 7.82. The molecule has 1 atom stereocenters. The summed E-state index contributed by atoms with van der Waals surface area (Å²) in [6.07, 6.45) is 0.654. The highest BCUT2D eigenvalue weighted by Crippen LogP contribution is 2.27. The van der Waals surface area contributed by atoms with E-state index in [0.717, 1.165) is 0 Å². The molecule has 3 nitrogen and oxygen atoms in total. The van der Waals surface area contributed by atoms with E-state index in [1.165, 1.54) is 0 Å². The summed E-state index contributed by atoms with van der Waals surface area (Å²) in [5.74, 6) is 0.490. The second kappa shape index (κ2) is 6.55. The van der Waals surface area contributed by atoms with Gasteiger partial charge in [0.15, 0.2) is 9.84 Å². The van der Waals surface area contributed by atoms with Gasteiger partial charge in [0, 0.05) is 0 Å². The van der Waals surface area contributed by atoms with Gasteiger partial charge < -0.3 is 0 Å². The Morgan fingerprint density at radius 1 is 1.22 bits per heavy atom. The van der Waals surface area contributed by atoms with Crippen LogP contribution >= 0.6 is 0 Å². The van der Waals surface area contributed by atoms with Gasteiger partial charge in [0.1, 0.15) is 0 Å². The van der Waals surface area contributed by atoms with Crippen molar-refractivity contribution in [3.63, 3.8) is 0 Å². The fourth-order valence-electron chi connectivity index (χ4n) is 1.74. The lowest BCUT2D eigenvalue weighted by Gasteiger charge is -2.16. The zero-order valence-corrected chi connectivity index (χ0v) is 11.7. The highest BCUT2D eigenvalue weighted by atomic mass is 32.2. The minimum Gasteiger partial charge on any atom is -0.228 e. The molecule has 0 aliphatic heterocycles. The van der Waals surface area contributed by atoms with Crippen LogP contribution in [0.5, 0.6) is 0 Å². The van der Waals surface area contributed by atoms with Gasteiger partial charge in [-0.3, -0.25) is 0 Å². The predicted octanol–water partition coefficient (Wildman–Crippen LogP) is 3.10. The van der Waals surface area contributed by atoms with Gasteiger partial charge in [0.05, 0.1) is 23.5 Å². The molecule has 0 heterocycles. The molecule has 0 aliphatic carbocycles. The summed E-state index contributed by atoms with van der Waals surface area (Å²) in [6.45, 7) is 3.99. The quantitative estimate of drug-likeness (QED) is 0.794. The van der Waals surface area contributed by atoms with Crippen molar-refractivity contribution in [1.82, 2.24) is 0 Å². The molecule has 0 N–H and O–H groups in total. The number of benzene rings is 1. The van der Waals surface area contributed by atoms with Gasteiger partial charge in [-0.15, -0.1) is 0 Å². The van der Waals surface area contributed by atoms with Crippen molar-refractivity contribution in [3.05, 3.63) is 35.9 Å². The maximum absolute atomic E-state index is 12.3. The molecule has 18 heavy (non-hydrogen) atoms. The zero-order valence-electron chi connectivity index (χ0n) is 10.8. The molecule has 1 aromatic carbocycles. The average Bonchev–Trinajstić information content (AvgIpc) is 2.34. The maximum Gasteiger partial charge on any atom is 0.158 e. The van der Waals surface area contributed by atoms with Crippen LogP contribution in [0.1, 0.15) is 37.5 Å². The van der Waals surface area contributed by atoms with Gasteiger partial charge in [-0.25, -0.2) is 8.42 Å². The Bertz CT molecular complexity index is 500. The van der Waals surface area contributed by atoms with Crippen molar-refractivity contribution in [2.45, 2.75) is 31.9 Å². The molecular formula is C14H19NO2S. The second-order valence-corrected chi connectivity index (χ2v) is 7.11. The first kappa shape index (κ1) is 14.7. The molecule has 1 aromatic rings. The molecule has 0 bridgehead atoms. The Labute approximate surface area is 109 Å². The van der Waals surface area contributed by atoms with Crippen molar-refractivity contribution in [2.75, 3.05) is 5.75 Å².